The lowest BCUT2D eigenvalue weighted by Gasteiger charge is -2.42. The summed E-state index contributed by atoms with van der Waals surface area (Å²) in [5.74, 6) is -6.29. The molecule has 1 aliphatic carbocycles. The Kier molecular flexibility index (Phi) is 37.4. The number of fused-ring (bicyclic) bond motifs is 6. The number of hydrogen-bond donors (Lipinski definition) is 4. The van der Waals surface area contributed by atoms with E-state index < -0.39 is 77.9 Å². The molecule has 1 saturated carbocycles. The van der Waals surface area contributed by atoms with E-state index in [1.165, 1.54) is 23.9 Å². The molecule has 15 atom stereocenters. The van der Waals surface area contributed by atoms with Gasteiger partial charge in [-0.15, -0.1) is 0 Å². The maximum absolute atomic E-state index is 14.8. The van der Waals surface area contributed by atoms with Crippen molar-refractivity contribution in [3.63, 3.8) is 0 Å². The van der Waals surface area contributed by atoms with Gasteiger partial charge in [0.05, 0.1) is 116 Å². The van der Waals surface area contributed by atoms with Gasteiger partial charge in [0.2, 0.25) is 11.7 Å². The number of cyclic esters (lactones) is 1. The Labute approximate surface area is 734 Å². The number of nitrogen functional groups attached to an aromatic ring is 2. The van der Waals surface area contributed by atoms with Crippen LogP contribution in [0.15, 0.2) is 94.7 Å². The third-order valence-corrected chi connectivity index (χ3v) is 25.4. The minimum absolute atomic E-state index is 0.0324. The molecule has 3 saturated heterocycles. The molecule has 2 bridgehead atoms. The molecule has 3 aromatic heterocycles. The van der Waals surface area contributed by atoms with Crippen molar-refractivity contribution in [2.75, 3.05) is 158 Å². The van der Waals surface area contributed by atoms with Gasteiger partial charge in [-0.25, -0.2) is 24.2 Å². The summed E-state index contributed by atoms with van der Waals surface area (Å²) >= 11 is 0. The van der Waals surface area contributed by atoms with Crippen LogP contribution in [0, 0.1) is 35.5 Å². The summed E-state index contributed by atoms with van der Waals surface area (Å²) in [5, 5.41) is 29.5. The molecule has 688 valence electrons. The molecule has 0 unspecified atom stereocenters. The van der Waals surface area contributed by atoms with Crippen LogP contribution in [-0.2, 0) is 100 Å². The number of amides is 3. The number of piperidine rings is 1. The summed E-state index contributed by atoms with van der Waals surface area (Å²) in [6, 6.07) is 10.9. The summed E-state index contributed by atoms with van der Waals surface area (Å²) in [6.07, 6.45) is 15.6. The summed E-state index contributed by atoms with van der Waals surface area (Å²) in [7, 11) is 4.66. The van der Waals surface area contributed by atoms with Gasteiger partial charge in [0.15, 0.2) is 17.0 Å². The number of methoxy groups -OCH3 is 3. The highest BCUT2D eigenvalue weighted by Crippen LogP contribution is 2.40. The van der Waals surface area contributed by atoms with E-state index >= 15 is 0 Å². The molecule has 5 aromatic rings. The zero-order valence-electron chi connectivity index (χ0n) is 74.9. The van der Waals surface area contributed by atoms with Crippen LogP contribution >= 0.6 is 0 Å². The Bertz CT molecular complexity index is 4470. The molecule has 8 heterocycles. The fourth-order valence-electron chi connectivity index (χ4n) is 18.0. The van der Waals surface area contributed by atoms with Gasteiger partial charge in [-0.05, 0) is 167 Å². The number of aliphatic hydroxyl groups is 2. The molecule has 0 spiro atoms. The first-order chi connectivity index (χ1) is 60.3. The van der Waals surface area contributed by atoms with Gasteiger partial charge in [0.25, 0.3) is 17.7 Å². The molecule has 125 heavy (non-hydrogen) atoms. The number of carbonyl (C=O) groups excluding carboxylic acids is 6. The number of allylic oxidation sites excluding steroid dienone is 6. The first-order valence-electron chi connectivity index (χ1n) is 45.0. The number of hydrogen-bond acceptors (Lipinski definition) is 28. The Hall–Kier alpha value is -8.48. The third kappa shape index (κ3) is 27.1. The number of benzene rings is 2. The van der Waals surface area contributed by atoms with Crippen molar-refractivity contribution in [1.29, 1.82) is 0 Å². The van der Waals surface area contributed by atoms with Gasteiger partial charge < -0.3 is 97.6 Å². The number of carbonyl (C=O) groups is 6. The molecule has 32 heteroatoms. The van der Waals surface area contributed by atoms with Gasteiger partial charge in [-0.2, -0.15) is 10.1 Å². The van der Waals surface area contributed by atoms with Gasteiger partial charge in [0, 0.05) is 97.5 Å². The number of Topliss-reactive ketones (excluding diaryl/α,β-unsaturated/α-hetero) is 2. The maximum atomic E-state index is 14.8. The quantitative estimate of drug-likeness (QED) is 0.0139. The van der Waals surface area contributed by atoms with Crippen LogP contribution in [0.2, 0.25) is 0 Å². The molecule has 6 N–H and O–H groups in total. The monoisotopic (exact) mass is 1740 g/mol. The number of anilines is 2. The average Bonchev–Trinajstić information content (AvgIpc) is 1.62. The van der Waals surface area contributed by atoms with Crippen molar-refractivity contribution in [1.82, 2.24) is 44.3 Å². The number of ether oxygens (including phenoxy) is 12. The topological polar surface area (TPSA) is 388 Å². The highest BCUT2D eigenvalue weighted by molar-refractivity contribution is 6.39. The average molecular weight is 1740 g/mol. The SMILES string of the molecule is CO[C@H]1C[C@@H]2CC[C@@H](C)[C@@](O)(O2)C(=O)C(=O)N2CCCC[C@H]2C(=O)O[C@H]([C@H](C)C[C@@H]2CC[C@@H](OC(=O)N3CCN(CCOCCOCCOCCOCCOCCOCCC(=O)N4CCc5cc(Cn6nc(-c7ccc8oc(N)nc8c7)c7c(N)ncnc76)ccc5C4)CC3)[C@H](OC)C2)CC[C@H](C)/C=C(\C)[C@@H](O)[C@@H](OC)C(=O)[C@H](C)C[C@H](C)/C=C/C=CC=C1C. The lowest BCUT2D eigenvalue weighted by molar-refractivity contribution is -0.265. The van der Waals surface area contributed by atoms with E-state index in [1.54, 1.807) is 39.0 Å². The zero-order chi connectivity index (χ0) is 89.1. The number of nitrogens with zero attached hydrogens (tertiary/aromatic N) is 9. The van der Waals surface area contributed by atoms with Crippen LogP contribution in [0.1, 0.15) is 155 Å². The second-order valence-electron chi connectivity index (χ2n) is 34.7. The van der Waals surface area contributed by atoms with E-state index in [0.29, 0.717) is 241 Å². The van der Waals surface area contributed by atoms with E-state index in [0.717, 1.165) is 35.1 Å². The van der Waals surface area contributed by atoms with Crippen LogP contribution in [0.4, 0.5) is 16.6 Å². The molecule has 4 fully saturated rings. The highest BCUT2D eigenvalue weighted by Gasteiger charge is 2.53. The Morgan fingerprint density at radius 2 is 1.40 bits per heavy atom. The minimum Gasteiger partial charge on any atom is -0.461 e. The lowest BCUT2D eigenvalue weighted by Crippen LogP contribution is -2.61. The van der Waals surface area contributed by atoms with Crippen molar-refractivity contribution in [3.8, 4) is 11.3 Å². The predicted molar refractivity (Wildman–Crippen MR) is 468 cm³/mol. The second kappa shape index (κ2) is 48.1. The smallest absolute Gasteiger partial charge is 0.410 e. The molecule has 2 aromatic carbocycles. The van der Waals surface area contributed by atoms with Crippen molar-refractivity contribution in [3.05, 3.63) is 107 Å². The number of ketones is 2. The fourth-order valence-corrected chi connectivity index (χ4v) is 18.0. The predicted octanol–water partition coefficient (Wildman–Crippen LogP) is 10.00. The number of rotatable bonds is 31. The first-order valence-corrected chi connectivity index (χ1v) is 45.0. The highest BCUT2D eigenvalue weighted by atomic mass is 16.6. The number of aromatic nitrogens is 5. The van der Waals surface area contributed by atoms with Gasteiger partial charge >= 0.3 is 12.1 Å². The van der Waals surface area contributed by atoms with Crippen LogP contribution in [0.5, 0.6) is 0 Å². The van der Waals surface area contributed by atoms with Crippen LogP contribution in [-0.4, -0.2) is 291 Å². The van der Waals surface area contributed by atoms with E-state index in [-0.39, 0.29) is 73.0 Å². The lowest BCUT2D eigenvalue weighted by atomic mass is 9.78. The molecule has 6 aliphatic rings. The Morgan fingerprint density at radius 3 is 2.10 bits per heavy atom. The molecule has 11 rings (SSSR count). The van der Waals surface area contributed by atoms with Crippen LogP contribution < -0.4 is 11.5 Å². The molecule has 0 radical (unpaired) electrons. The number of oxazole rings is 1. The summed E-state index contributed by atoms with van der Waals surface area (Å²) in [5.41, 5.74) is 20.2. The normalized spacial score (nSPS) is 27.5. The van der Waals surface area contributed by atoms with E-state index in [4.69, 9.17) is 77.8 Å². The Balaban J connectivity index is 0.538. The van der Waals surface area contributed by atoms with Gasteiger partial charge in [-0.1, -0.05) is 89.3 Å². The van der Waals surface area contributed by atoms with Crippen molar-refractivity contribution >= 4 is 69.4 Å². The number of piperazine rings is 1. The standard InChI is InChI=1S/C93H135N11O21/c1-60-16-12-11-13-17-62(3)78(113-8)56-72-25-20-66(7)93(112,125-72)86(108)89(109)103-31-15-14-18-74(103)90(110)122-75(26-19-61(2)51-65(6)84(107)85(115-10)83(106)64(5)50-60)63(4)52-67-22-27-77(79(54-67)114-9)124-92(111)101-35-33-100(34-36-101)37-39-117-41-43-119-45-47-121-49-48-120-46-44-118-42-40-116-38-30-80(105)102-32-29-69-53-68(21-23-71(69)58-102)57-104-88-81(87(94)96-59-97-88)82(99-104)70-24-28-76-73(55-70)98-91(95)123-76/h11-13,16-17,21,23-24,28,51,53,55,59-61,63-64,66-67,72,74-75,77-79,84-85,107,112H,14-15,18-20,22,25-27,29-50,52,54,56-58H2,1-10H3,(H2,95,98)(H2,94,96,97)/b13-11?,16-12+,62-17?,65-51+/t60-,61+,63-,64-,66-,67+,72+,74+,75+,77-,78+,79-,84-,85+,93-/m1/s1. The molecule has 5 aliphatic heterocycles. The number of nitrogens with two attached hydrogens (primary N) is 2. The third-order valence-electron chi connectivity index (χ3n) is 25.4. The van der Waals surface area contributed by atoms with E-state index in [9.17, 15) is 39.0 Å². The van der Waals surface area contributed by atoms with E-state index in [2.05, 4.69) is 45.0 Å². The van der Waals surface area contributed by atoms with Gasteiger partial charge in [-0.3, -0.25) is 24.1 Å². The molecular formula is C93H135N11O21. The van der Waals surface area contributed by atoms with Crippen LogP contribution in [0.25, 0.3) is 33.4 Å². The molecule has 32 nitrogen and oxygen atoms in total. The summed E-state index contributed by atoms with van der Waals surface area (Å²) in [6.45, 7) is 23.1. The Morgan fingerprint density at radius 1 is 0.688 bits per heavy atom. The fraction of sp³-hybridized carbons (Fsp3) is 0.656. The number of aliphatic hydroxyl groups excluding tert-OH is 1. The minimum atomic E-state index is -2.43. The summed E-state index contributed by atoms with van der Waals surface area (Å²) < 4.78 is 78.4. The number of esters is 1. The first kappa shape index (κ1) is 97.1. The van der Waals surface area contributed by atoms with E-state index in [1.807, 2.05) is 85.9 Å². The van der Waals surface area contributed by atoms with Gasteiger partial charge in [0.1, 0.15) is 53.8 Å². The summed E-state index contributed by atoms with van der Waals surface area (Å²) in [4.78, 5) is 105. The van der Waals surface area contributed by atoms with Crippen molar-refractivity contribution in [2.24, 2.45) is 35.5 Å². The zero-order valence-corrected chi connectivity index (χ0v) is 74.9. The van der Waals surface area contributed by atoms with Crippen molar-refractivity contribution < 1.29 is 100 Å². The van der Waals surface area contributed by atoms with Crippen LogP contribution in [0.3, 0.4) is 0 Å². The maximum Gasteiger partial charge on any atom is 0.410 e. The largest absolute Gasteiger partial charge is 0.461 e. The molecular weight excluding hydrogens is 1610 g/mol. The second-order valence-corrected chi connectivity index (χ2v) is 34.7. The molecule has 3 amide bonds. The van der Waals surface area contributed by atoms with Crippen molar-refractivity contribution in [2.45, 2.75) is 212 Å².